The second-order valence-electron chi connectivity index (χ2n) is 6.21. The van der Waals surface area contributed by atoms with Gasteiger partial charge in [-0.15, -0.1) is 0 Å². The van der Waals surface area contributed by atoms with Gasteiger partial charge in [-0.05, 0) is 31.5 Å². The number of furan rings is 1. The van der Waals surface area contributed by atoms with Gasteiger partial charge in [-0.25, -0.2) is 8.42 Å². The van der Waals surface area contributed by atoms with Crippen molar-refractivity contribution < 1.29 is 17.6 Å². The minimum absolute atomic E-state index is 0.0366. The van der Waals surface area contributed by atoms with Crippen LogP contribution in [0, 0.1) is 0 Å². The summed E-state index contributed by atoms with van der Waals surface area (Å²) in [5, 5.41) is 0. The minimum Gasteiger partial charge on any atom is -0.468 e. The average molecular weight is 364 g/mol. The zero-order valence-corrected chi connectivity index (χ0v) is 15.6. The molecule has 1 heterocycles. The molecule has 0 fully saturated rings. The first-order valence-electron chi connectivity index (χ1n) is 8.08. The molecule has 0 bridgehead atoms. The lowest BCUT2D eigenvalue weighted by Gasteiger charge is -2.29. The monoisotopic (exact) mass is 364 g/mol. The molecule has 0 unspecified atom stereocenters. The van der Waals surface area contributed by atoms with Crippen LogP contribution in [0.5, 0.6) is 0 Å². The number of hydrogen-bond donors (Lipinski definition) is 0. The van der Waals surface area contributed by atoms with Gasteiger partial charge in [-0.3, -0.25) is 4.79 Å². The number of amides is 1. The normalized spacial score (nSPS) is 11.9. The second-order valence-corrected chi connectivity index (χ2v) is 8.19. The Labute approximate surface area is 149 Å². The molecule has 0 aliphatic carbocycles. The Balaban J connectivity index is 2.13. The van der Waals surface area contributed by atoms with Gasteiger partial charge >= 0.3 is 0 Å². The van der Waals surface area contributed by atoms with Crippen LogP contribution >= 0.6 is 0 Å². The summed E-state index contributed by atoms with van der Waals surface area (Å²) in [6.07, 6.45) is 2.58. The molecule has 0 atom stereocenters. The van der Waals surface area contributed by atoms with Crippen molar-refractivity contribution in [3.8, 4) is 0 Å². The molecule has 0 saturated carbocycles. The molecule has 25 heavy (non-hydrogen) atoms. The van der Waals surface area contributed by atoms with E-state index < -0.39 is 10.0 Å². The first kappa shape index (κ1) is 19.2. The molecule has 0 saturated heterocycles. The summed E-state index contributed by atoms with van der Waals surface area (Å²) in [5.41, 5.74) is 1.00. The predicted molar refractivity (Wildman–Crippen MR) is 96.1 cm³/mol. The summed E-state index contributed by atoms with van der Waals surface area (Å²) in [7, 11) is -3.54. The van der Waals surface area contributed by atoms with Crippen LogP contribution in [0.15, 0.2) is 53.1 Å². The molecule has 0 N–H and O–H groups in total. The van der Waals surface area contributed by atoms with Crippen LogP contribution < -0.4 is 0 Å². The van der Waals surface area contributed by atoms with Gasteiger partial charge < -0.3 is 9.32 Å². The molecule has 2 rings (SSSR count). The Morgan fingerprint density at radius 3 is 2.28 bits per heavy atom. The van der Waals surface area contributed by atoms with Gasteiger partial charge in [0.15, 0.2) is 0 Å². The molecule has 0 aliphatic heterocycles. The highest BCUT2D eigenvalue weighted by molar-refractivity contribution is 7.88. The van der Waals surface area contributed by atoms with Gasteiger partial charge in [0, 0.05) is 12.6 Å². The average Bonchev–Trinajstić information content (AvgIpc) is 3.05. The molecular weight excluding hydrogens is 340 g/mol. The molecule has 7 heteroatoms. The largest absolute Gasteiger partial charge is 0.468 e. The third kappa shape index (κ3) is 5.72. The van der Waals surface area contributed by atoms with Gasteiger partial charge in [-0.1, -0.05) is 30.3 Å². The summed E-state index contributed by atoms with van der Waals surface area (Å²) in [6, 6.07) is 13.0. The summed E-state index contributed by atoms with van der Waals surface area (Å²) in [6.45, 7) is 4.09. The molecule has 1 aromatic heterocycles. The first-order chi connectivity index (χ1) is 11.8. The summed E-state index contributed by atoms with van der Waals surface area (Å²) >= 11 is 0. The molecule has 2 aromatic rings. The number of carbonyl (C=O) groups is 1. The van der Waals surface area contributed by atoms with E-state index in [1.807, 2.05) is 44.2 Å². The van der Waals surface area contributed by atoms with Crippen molar-refractivity contribution in [2.24, 2.45) is 0 Å². The summed E-state index contributed by atoms with van der Waals surface area (Å²) in [5.74, 6) is 0.258. The number of rotatable bonds is 8. The topological polar surface area (TPSA) is 70.8 Å². The third-order valence-electron chi connectivity index (χ3n) is 3.83. The van der Waals surface area contributed by atoms with E-state index in [1.54, 1.807) is 17.0 Å². The highest BCUT2D eigenvalue weighted by Gasteiger charge is 2.26. The van der Waals surface area contributed by atoms with Crippen LogP contribution in [0.1, 0.15) is 25.2 Å². The molecular formula is C18H24N2O4S. The van der Waals surface area contributed by atoms with E-state index in [1.165, 1.54) is 6.26 Å². The van der Waals surface area contributed by atoms with Crippen molar-refractivity contribution in [1.82, 2.24) is 9.21 Å². The Kier molecular flexibility index (Phi) is 6.39. The quantitative estimate of drug-likeness (QED) is 0.721. The van der Waals surface area contributed by atoms with Crippen molar-refractivity contribution in [2.75, 3.05) is 12.8 Å². The highest BCUT2D eigenvalue weighted by atomic mass is 32.2. The van der Waals surface area contributed by atoms with Gasteiger partial charge in [-0.2, -0.15) is 4.31 Å². The van der Waals surface area contributed by atoms with Gasteiger partial charge in [0.2, 0.25) is 15.9 Å². The standard InChI is InChI=1S/C18H24N2O4S/c1-15(2)20(12-16-8-5-4-6-9-16)18(21)14-19(25(3,22)23)13-17-10-7-11-24-17/h4-11,15H,12-14H2,1-3H3. The fourth-order valence-corrected chi connectivity index (χ4v) is 3.15. The predicted octanol–water partition coefficient (Wildman–Crippen LogP) is 2.48. The molecule has 0 radical (unpaired) electrons. The Morgan fingerprint density at radius 2 is 1.76 bits per heavy atom. The van der Waals surface area contributed by atoms with Crippen LogP contribution in [-0.4, -0.2) is 42.4 Å². The van der Waals surface area contributed by atoms with Crippen LogP contribution in [-0.2, 0) is 27.9 Å². The number of benzene rings is 1. The lowest BCUT2D eigenvalue weighted by molar-refractivity contribution is -0.133. The molecule has 136 valence electrons. The van der Waals surface area contributed by atoms with Crippen LogP contribution in [0.2, 0.25) is 0 Å². The zero-order valence-electron chi connectivity index (χ0n) is 14.8. The lowest BCUT2D eigenvalue weighted by atomic mass is 10.2. The number of nitrogens with zero attached hydrogens (tertiary/aromatic N) is 2. The molecule has 1 aromatic carbocycles. The van der Waals surface area contributed by atoms with Crippen LogP contribution in [0.3, 0.4) is 0 Å². The maximum absolute atomic E-state index is 12.8. The van der Waals surface area contributed by atoms with Crippen molar-refractivity contribution in [1.29, 1.82) is 0 Å². The highest BCUT2D eigenvalue weighted by Crippen LogP contribution is 2.13. The van der Waals surface area contributed by atoms with Crippen molar-refractivity contribution in [3.05, 3.63) is 60.1 Å². The van der Waals surface area contributed by atoms with E-state index in [4.69, 9.17) is 4.42 Å². The molecule has 1 amide bonds. The van der Waals surface area contributed by atoms with E-state index >= 15 is 0 Å². The van der Waals surface area contributed by atoms with E-state index in [0.717, 1.165) is 16.1 Å². The van der Waals surface area contributed by atoms with Crippen LogP contribution in [0.25, 0.3) is 0 Å². The van der Waals surface area contributed by atoms with Crippen molar-refractivity contribution >= 4 is 15.9 Å². The minimum atomic E-state index is -3.54. The maximum Gasteiger partial charge on any atom is 0.238 e. The van der Waals surface area contributed by atoms with Crippen molar-refractivity contribution in [3.63, 3.8) is 0 Å². The lowest BCUT2D eigenvalue weighted by Crippen LogP contribution is -2.44. The number of hydrogen-bond acceptors (Lipinski definition) is 4. The molecule has 0 aliphatic rings. The zero-order chi connectivity index (χ0) is 18.4. The fourth-order valence-electron chi connectivity index (χ4n) is 2.45. The third-order valence-corrected chi connectivity index (χ3v) is 5.03. The van der Waals surface area contributed by atoms with E-state index in [-0.39, 0.29) is 25.0 Å². The number of sulfonamides is 1. The fraction of sp³-hybridized carbons (Fsp3) is 0.389. The molecule has 0 spiro atoms. The summed E-state index contributed by atoms with van der Waals surface area (Å²) in [4.78, 5) is 14.4. The number of carbonyl (C=O) groups excluding carboxylic acids is 1. The SMILES string of the molecule is CC(C)N(Cc1ccccc1)C(=O)CN(Cc1ccco1)S(C)(=O)=O. The van der Waals surface area contributed by atoms with Crippen LogP contribution in [0.4, 0.5) is 0 Å². The smallest absolute Gasteiger partial charge is 0.238 e. The second kappa shape index (κ2) is 8.31. The van der Waals surface area contributed by atoms with E-state index in [0.29, 0.717) is 12.3 Å². The van der Waals surface area contributed by atoms with Crippen molar-refractivity contribution in [2.45, 2.75) is 33.0 Å². The Bertz CT molecular complexity index is 771. The van der Waals surface area contributed by atoms with Gasteiger partial charge in [0.1, 0.15) is 5.76 Å². The maximum atomic E-state index is 12.8. The van der Waals surface area contributed by atoms with Gasteiger partial charge in [0.25, 0.3) is 0 Å². The Hall–Kier alpha value is -2.12. The van der Waals surface area contributed by atoms with Gasteiger partial charge in [0.05, 0.1) is 25.6 Å². The summed E-state index contributed by atoms with van der Waals surface area (Å²) < 4.78 is 30.5. The Morgan fingerprint density at radius 1 is 1.08 bits per heavy atom. The van der Waals surface area contributed by atoms with E-state index in [2.05, 4.69) is 0 Å². The molecule has 6 nitrogen and oxygen atoms in total. The van der Waals surface area contributed by atoms with E-state index in [9.17, 15) is 13.2 Å². The first-order valence-corrected chi connectivity index (χ1v) is 9.93.